The highest BCUT2D eigenvalue weighted by Gasteiger charge is 2.31. The molecule has 1 heterocycles. The molecule has 1 saturated heterocycles. The number of rotatable bonds is 3. The molecule has 0 radical (unpaired) electrons. The van der Waals surface area contributed by atoms with Crippen LogP contribution in [0.1, 0.15) is 31.7 Å². The lowest BCUT2D eigenvalue weighted by atomic mass is 10.0. The summed E-state index contributed by atoms with van der Waals surface area (Å²) in [6.07, 6.45) is 0.144. The monoisotopic (exact) mass is 271 g/mol. The fraction of sp³-hybridized carbons (Fsp3) is 0.538. The Labute approximate surface area is 110 Å². The lowest BCUT2D eigenvalue weighted by molar-refractivity contribution is 0.187. The normalized spacial score (nSPS) is 22.7. The summed E-state index contributed by atoms with van der Waals surface area (Å²) in [5, 5.41) is 9.48. The summed E-state index contributed by atoms with van der Waals surface area (Å²) >= 11 is 0. The van der Waals surface area contributed by atoms with Gasteiger partial charge in [-0.1, -0.05) is 26.0 Å². The predicted octanol–water partition coefficient (Wildman–Crippen LogP) is 2.90. The van der Waals surface area contributed by atoms with Crippen LogP contribution in [0.25, 0.3) is 0 Å². The van der Waals surface area contributed by atoms with E-state index in [1.165, 1.54) is 5.56 Å². The molecule has 102 valence electrons. The molecule has 0 saturated carbocycles. The molecule has 1 aliphatic rings. The van der Waals surface area contributed by atoms with Crippen molar-refractivity contribution in [2.75, 3.05) is 13.1 Å². The number of hydrogen-bond acceptors (Lipinski definition) is 4. The minimum absolute atomic E-state index is 0.328. The van der Waals surface area contributed by atoms with Crippen molar-refractivity contribution in [3.8, 4) is 0 Å². The van der Waals surface area contributed by atoms with E-state index in [4.69, 9.17) is 0 Å². The fourth-order valence-electron chi connectivity index (χ4n) is 2.13. The molecule has 1 fully saturated rings. The van der Waals surface area contributed by atoms with E-state index in [0.717, 1.165) is 0 Å². The summed E-state index contributed by atoms with van der Waals surface area (Å²) in [7, 11) is -2.94. The van der Waals surface area contributed by atoms with E-state index >= 15 is 0 Å². The zero-order valence-corrected chi connectivity index (χ0v) is 11.6. The van der Waals surface area contributed by atoms with Gasteiger partial charge in [-0.15, -0.1) is 10.8 Å². The van der Waals surface area contributed by atoms with Crippen molar-refractivity contribution >= 4 is 10.8 Å². The van der Waals surface area contributed by atoms with Crippen molar-refractivity contribution in [3.63, 3.8) is 0 Å². The molecule has 1 unspecified atom stereocenters. The van der Waals surface area contributed by atoms with E-state index in [0.29, 0.717) is 30.3 Å². The topological polar surface area (TPSA) is 63.9 Å². The van der Waals surface area contributed by atoms with Gasteiger partial charge in [0.15, 0.2) is 0 Å². The molecule has 0 aromatic heterocycles. The van der Waals surface area contributed by atoms with Crippen LogP contribution in [0.2, 0.25) is 0 Å². The van der Waals surface area contributed by atoms with Gasteiger partial charge in [-0.2, -0.15) is 4.31 Å². The van der Waals surface area contributed by atoms with Gasteiger partial charge < -0.3 is 5.11 Å². The van der Waals surface area contributed by atoms with Crippen LogP contribution in [-0.4, -0.2) is 37.7 Å². The van der Waals surface area contributed by atoms with Gasteiger partial charge in [-0.25, -0.2) is 0 Å². The highest BCUT2D eigenvalue weighted by molar-refractivity contribution is 8.22. The Morgan fingerprint density at radius 2 is 1.83 bits per heavy atom. The van der Waals surface area contributed by atoms with Crippen LogP contribution < -0.4 is 0 Å². The van der Waals surface area contributed by atoms with Crippen molar-refractivity contribution in [2.24, 2.45) is 0 Å². The number of β-amino-alcohol motifs (C(OH)–C–C–N with tert-alkyl or cyclic N) is 1. The zero-order chi connectivity index (χ0) is 13.3. The standard InChI is InChI=1S/C13H21NO3S/c1-10(2)11-3-5-13(6-4-11)18(16,17)14-8-7-12(15)9-14/h3-6,10,12,15-17H,7-9H2,1-2H3. The highest BCUT2D eigenvalue weighted by Crippen LogP contribution is 2.52. The van der Waals surface area contributed by atoms with Gasteiger partial charge in [0.2, 0.25) is 0 Å². The van der Waals surface area contributed by atoms with Crippen LogP contribution in [0.4, 0.5) is 0 Å². The van der Waals surface area contributed by atoms with Crippen molar-refractivity contribution in [2.45, 2.75) is 37.2 Å². The summed E-state index contributed by atoms with van der Waals surface area (Å²) in [6, 6.07) is 7.41. The molecule has 2 rings (SSSR count). The molecule has 1 aromatic rings. The molecule has 0 aliphatic carbocycles. The van der Waals surface area contributed by atoms with Gasteiger partial charge in [0, 0.05) is 13.1 Å². The molecule has 1 aliphatic heterocycles. The van der Waals surface area contributed by atoms with Gasteiger partial charge in [-0.05, 0) is 30.0 Å². The molecular formula is C13H21NO3S. The van der Waals surface area contributed by atoms with Gasteiger partial charge in [0.25, 0.3) is 0 Å². The molecule has 0 bridgehead atoms. The Hall–Kier alpha value is -0.590. The Morgan fingerprint density at radius 3 is 2.28 bits per heavy atom. The van der Waals surface area contributed by atoms with Gasteiger partial charge >= 0.3 is 0 Å². The molecular weight excluding hydrogens is 250 g/mol. The zero-order valence-electron chi connectivity index (χ0n) is 10.8. The lowest BCUT2D eigenvalue weighted by Crippen LogP contribution is -2.26. The smallest absolute Gasteiger partial charge is 0.0752 e. The van der Waals surface area contributed by atoms with Gasteiger partial charge in [-0.3, -0.25) is 9.11 Å². The average molecular weight is 271 g/mol. The number of aliphatic hydroxyl groups excluding tert-OH is 1. The average Bonchev–Trinajstić information content (AvgIpc) is 2.76. The van der Waals surface area contributed by atoms with Crippen molar-refractivity contribution in [1.29, 1.82) is 0 Å². The second-order valence-corrected chi connectivity index (χ2v) is 7.10. The van der Waals surface area contributed by atoms with Crippen LogP contribution in [0.3, 0.4) is 0 Å². The SMILES string of the molecule is CC(C)c1ccc(S(O)(O)N2CCC(O)C2)cc1. The molecule has 5 heteroatoms. The third-order valence-corrected chi connectivity index (χ3v) is 5.31. The summed E-state index contributed by atoms with van der Waals surface area (Å²) < 4.78 is 22.1. The molecule has 0 spiro atoms. The van der Waals surface area contributed by atoms with Crippen LogP contribution in [-0.2, 0) is 0 Å². The summed E-state index contributed by atoms with van der Waals surface area (Å²) in [5.74, 6) is 0.425. The first kappa shape index (κ1) is 13.8. The summed E-state index contributed by atoms with van der Waals surface area (Å²) in [6.45, 7) is 5.05. The Bertz CT molecular complexity index is 405. The van der Waals surface area contributed by atoms with Crippen molar-refractivity contribution in [1.82, 2.24) is 4.31 Å². The number of benzene rings is 1. The molecule has 0 amide bonds. The lowest BCUT2D eigenvalue weighted by Gasteiger charge is -2.40. The van der Waals surface area contributed by atoms with Crippen molar-refractivity contribution < 1.29 is 14.2 Å². The molecule has 18 heavy (non-hydrogen) atoms. The van der Waals surface area contributed by atoms with E-state index in [1.807, 2.05) is 12.1 Å². The third-order valence-electron chi connectivity index (χ3n) is 3.35. The Kier molecular flexibility index (Phi) is 3.99. The van der Waals surface area contributed by atoms with Crippen LogP contribution >= 0.6 is 10.8 Å². The van der Waals surface area contributed by atoms with Gasteiger partial charge in [0.05, 0.1) is 11.0 Å². The van der Waals surface area contributed by atoms with E-state index in [2.05, 4.69) is 13.8 Å². The summed E-state index contributed by atoms with van der Waals surface area (Å²) in [4.78, 5) is 0.529. The van der Waals surface area contributed by atoms with Crippen molar-refractivity contribution in [3.05, 3.63) is 29.8 Å². The first-order chi connectivity index (χ1) is 8.41. The van der Waals surface area contributed by atoms with Gasteiger partial charge in [0.1, 0.15) is 0 Å². The number of hydrogen-bond donors (Lipinski definition) is 3. The second kappa shape index (κ2) is 5.19. The molecule has 1 aromatic carbocycles. The van der Waals surface area contributed by atoms with Crippen LogP contribution in [0, 0.1) is 0 Å². The number of nitrogens with zero attached hydrogens (tertiary/aromatic N) is 1. The second-order valence-electron chi connectivity index (χ2n) is 5.07. The van der Waals surface area contributed by atoms with E-state index in [9.17, 15) is 14.2 Å². The Morgan fingerprint density at radius 1 is 1.22 bits per heavy atom. The quantitative estimate of drug-likeness (QED) is 0.791. The van der Waals surface area contributed by atoms with E-state index < -0.39 is 16.9 Å². The first-order valence-corrected chi connectivity index (χ1v) is 7.73. The highest BCUT2D eigenvalue weighted by atomic mass is 32.3. The van der Waals surface area contributed by atoms with Crippen LogP contribution in [0.5, 0.6) is 0 Å². The first-order valence-electron chi connectivity index (χ1n) is 6.22. The van der Waals surface area contributed by atoms with Crippen LogP contribution in [0.15, 0.2) is 29.2 Å². The van der Waals surface area contributed by atoms with E-state index in [1.54, 1.807) is 16.4 Å². The fourth-order valence-corrected chi connectivity index (χ4v) is 3.67. The molecule has 1 atom stereocenters. The summed E-state index contributed by atoms with van der Waals surface area (Å²) in [5.41, 5.74) is 1.18. The molecule has 3 N–H and O–H groups in total. The third kappa shape index (κ3) is 2.70. The maximum Gasteiger partial charge on any atom is 0.0752 e. The molecule has 4 nitrogen and oxygen atoms in total. The number of aliphatic hydroxyl groups is 1. The minimum Gasteiger partial charge on any atom is -0.392 e. The minimum atomic E-state index is -2.94. The maximum absolute atomic E-state index is 10.3. The predicted molar refractivity (Wildman–Crippen MR) is 73.8 cm³/mol. The largest absolute Gasteiger partial charge is 0.392 e. The Balaban J connectivity index is 2.18. The maximum atomic E-state index is 10.3. The van der Waals surface area contributed by atoms with E-state index in [-0.39, 0.29) is 0 Å².